The van der Waals surface area contributed by atoms with Crippen molar-refractivity contribution >= 4 is 16.8 Å². The van der Waals surface area contributed by atoms with Gasteiger partial charge < -0.3 is 15.1 Å². The topological polar surface area (TPSA) is 55.3 Å². The van der Waals surface area contributed by atoms with Crippen LogP contribution in [0, 0.1) is 0 Å². The predicted octanol–water partition coefficient (Wildman–Crippen LogP) is 2.39. The van der Waals surface area contributed by atoms with Crippen molar-refractivity contribution in [1.29, 1.82) is 0 Å². The molecule has 4 heteroatoms. The summed E-state index contributed by atoms with van der Waals surface area (Å²) in [5.41, 5.74) is 8.50. The zero-order valence-electron chi connectivity index (χ0n) is 10.6. The van der Waals surface area contributed by atoms with Crippen molar-refractivity contribution in [2.45, 2.75) is 25.8 Å². The summed E-state index contributed by atoms with van der Waals surface area (Å²) < 4.78 is 5.32. The second-order valence-electron chi connectivity index (χ2n) is 4.91. The van der Waals surface area contributed by atoms with E-state index in [1.54, 1.807) is 0 Å². The lowest BCUT2D eigenvalue weighted by molar-refractivity contribution is 0.456. The molecule has 0 atom stereocenters. The molecule has 2 rings (SSSR count). The standard InChI is InChI=1S/C13H19N3O/c1-13(2,6-7-14)16(3)10-4-5-11-12(8-10)17-9-15-11/h4-5,8-9H,6-7,14H2,1-3H3. The third-order valence-electron chi connectivity index (χ3n) is 3.37. The van der Waals surface area contributed by atoms with Gasteiger partial charge in [-0.2, -0.15) is 0 Å². The lowest BCUT2D eigenvalue weighted by Gasteiger charge is -2.37. The molecule has 0 amide bonds. The molecule has 1 aromatic carbocycles. The highest BCUT2D eigenvalue weighted by Gasteiger charge is 2.23. The number of nitrogens with zero attached hydrogens (tertiary/aromatic N) is 2. The fraction of sp³-hybridized carbons (Fsp3) is 0.462. The van der Waals surface area contributed by atoms with Gasteiger partial charge in [0.1, 0.15) is 5.52 Å². The van der Waals surface area contributed by atoms with Gasteiger partial charge in [-0.3, -0.25) is 0 Å². The molecule has 0 aliphatic heterocycles. The van der Waals surface area contributed by atoms with Crippen LogP contribution in [-0.4, -0.2) is 24.1 Å². The van der Waals surface area contributed by atoms with Crippen molar-refractivity contribution < 1.29 is 4.42 Å². The molecule has 92 valence electrons. The first-order chi connectivity index (χ1) is 8.04. The van der Waals surface area contributed by atoms with E-state index in [0.29, 0.717) is 6.54 Å². The molecule has 17 heavy (non-hydrogen) atoms. The lowest BCUT2D eigenvalue weighted by Crippen LogP contribution is -2.42. The van der Waals surface area contributed by atoms with Crippen LogP contribution in [0.3, 0.4) is 0 Å². The summed E-state index contributed by atoms with van der Waals surface area (Å²) in [6, 6.07) is 6.05. The van der Waals surface area contributed by atoms with Crippen LogP contribution in [0.2, 0.25) is 0 Å². The number of benzene rings is 1. The van der Waals surface area contributed by atoms with Gasteiger partial charge in [-0.25, -0.2) is 4.98 Å². The molecule has 0 aliphatic rings. The van der Waals surface area contributed by atoms with Crippen LogP contribution in [0.25, 0.3) is 11.1 Å². The first-order valence-corrected chi connectivity index (χ1v) is 5.82. The van der Waals surface area contributed by atoms with Crippen LogP contribution >= 0.6 is 0 Å². The van der Waals surface area contributed by atoms with Gasteiger partial charge in [0, 0.05) is 24.3 Å². The summed E-state index contributed by atoms with van der Waals surface area (Å²) in [7, 11) is 2.08. The van der Waals surface area contributed by atoms with Gasteiger partial charge in [-0.1, -0.05) is 0 Å². The van der Waals surface area contributed by atoms with Gasteiger partial charge >= 0.3 is 0 Å². The van der Waals surface area contributed by atoms with E-state index in [-0.39, 0.29) is 5.54 Å². The maximum absolute atomic E-state index is 5.65. The monoisotopic (exact) mass is 233 g/mol. The molecule has 0 aliphatic carbocycles. The molecule has 0 fully saturated rings. The molecule has 0 unspecified atom stereocenters. The van der Waals surface area contributed by atoms with Crippen molar-refractivity contribution in [2.75, 3.05) is 18.5 Å². The normalized spacial score (nSPS) is 12.0. The molecule has 0 bridgehead atoms. The van der Waals surface area contributed by atoms with E-state index in [4.69, 9.17) is 10.2 Å². The Bertz CT molecular complexity index is 504. The van der Waals surface area contributed by atoms with Gasteiger partial charge in [0.15, 0.2) is 12.0 Å². The van der Waals surface area contributed by atoms with Crippen LogP contribution in [-0.2, 0) is 0 Å². The number of nitrogens with two attached hydrogens (primary N) is 1. The molecule has 0 saturated carbocycles. The average molecular weight is 233 g/mol. The largest absolute Gasteiger partial charge is 0.443 e. The highest BCUT2D eigenvalue weighted by atomic mass is 16.3. The van der Waals surface area contributed by atoms with Crippen LogP contribution < -0.4 is 10.6 Å². The molecule has 0 radical (unpaired) electrons. The molecule has 1 heterocycles. The summed E-state index contributed by atoms with van der Waals surface area (Å²) in [6.45, 7) is 5.05. The van der Waals surface area contributed by atoms with Crippen LogP contribution in [0.4, 0.5) is 5.69 Å². The fourth-order valence-corrected chi connectivity index (χ4v) is 1.92. The second kappa shape index (κ2) is 4.37. The van der Waals surface area contributed by atoms with Gasteiger partial charge in [0.2, 0.25) is 0 Å². The lowest BCUT2D eigenvalue weighted by atomic mass is 9.98. The van der Waals surface area contributed by atoms with Crippen LogP contribution in [0.15, 0.2) is 29.0 Å². The maximum atomic E-state index is 5.65. The fourth-order valence-electron chi connectivity index (χ4n) is 1.92. The van der Waals surface area contributed by atoms with Crippen molar-refractivity contribution in [3.63, 3.8) is 0 Å². The highest BCUT2D eigenvalue weighted by molar-refractivity contribution is 5.77. The second-order valence-corrected chi connectivity index (χ2v) is 4.91. The van der Waals surface area contributed by atoms with Crippen LogP contribution in [0.1, 0.15) is 20.3 Å². The Hall–Kier alpha value is -1.55. The Morgan fingerprint density at radius 1 is 1.41 bits per heavy atom. The predicted molar refractivity (Wildman–Crippen MR) is 70.2 cm³/mol. The number of oxazole rings is 1. The Morgan fingerprint density at radius 3 is 2.88 bits per heavy atom. The molecule has 2 N–H and O–H groups in total. The molecule has 2 aromatic rings. The molecule has 0 spiro atoms. The average Bonchev–Trinajstić information content (AvgIpc) is 2.74. The molecular weight excluding hydrogens is 214 g/mol. The van der Waals surface area contributed by atoms with Crippen molar-refractivity contribution in [3.05, 3.63) is 24.6 Å². The molecule has 1 aromatic heterocycles. The van der Waals surface area contributed by atoms with Gasteiger partial charge in [-0.05, 0) is 38.9 Å². The Kier molecular flexibility index (Phi) is 3.07. The first kappa shape index (κ1) is 11.9. The number of hydrogen-bond donors (Lipinski definition) is 1. The van der Waals surface area contributed by atoms with Crippen LogP contribution in [0.5, 0.6) is 0 Å². The number of fused-ring (bicyclic) bond motifs is 1. The third-order valence-corrected chi connectivity index (χ3v) is 3.37. The number of aromatic nitrogens is 1. The summed E-state index contributed by atoms with van der Waals surface area (Å²) in [5.74, 6) is 0. The third kappa shape index (κ3) is 2.26. The number of rotatable bonds is 4. The number of hydrogen-bond acceptors (Lipinski definition) is 4. The maximum Gasteiger partial charge on any atom is 0.181 e. The van der Waals surface area contributed by atoms with Crippen molar-refractivity contribution in [1.82, 2.24) is 4.98 Å². The summed E-state index contributed by atoms with van der Waals surface area (Å²) in [4.78, 5) is 6.34. The summed E-state index contributed by atoms with van der Waals surface area (Å²) in [5, 5.41) is 0. The quantitative estimate of drug-likeness (QED) is 0.881. The summed E-state index contributed by atoms with van der Waals surface area (Å²) >= 11 is 0. The Morgan fingerprint density at radius 2 is 2.18 bits per heavy atom. The van der Waals surface area contributed by atoms with E-state index in [0.717, 1.165) is 23.2 Å². The smallest absolute Gasteiger partial charge is 0.181 e. The van der Waals surface area contributed by atoms with Gasteiger partial charge in [0.05, 0.1) is 0 Å². The summed E-state index contributed by atoms with van der Waals surface area (Å²) in [6.07, 6.45) is 2.41. The van der Waals surface area contributed by atoms with E-state index in [9.17, 15) is 0 Å². The van der Waals surface area contributed by atoms with E-state index in [1.807, 2.05) is 12.1 Å². The zero-order chi connectivity index (χ0) is 12.5. The zero-order valence-corrected chi connectivity index (χ0v) is 10.6. The van der Waals surface area contributed by atoms with Gasteiger partial charge in [-0.15, -0.1) is 0 Å². The minimum atomic E-state index is 0.0302. The highest BCUT2D eigenvalue weighted by Crippen LogP contribution is 2.27. The van der Waals surface area contributed by atoms with E-state index in [1.165, 1.54) is 6.39 Å². The van der Waals surface area contributed by atoms with Crippen molar-refractivity contribution in [2.24, 2.45) is 5.73 Å². The number of anilines is 1. The minimum Gasteiger partial charge on any atom is -0.443 e. The van der Waals surface area contributed by atoms with E-state index in [2.05, 4.69) is 36.8 Å². The Balaban J connectivity index is 2.32. The Labute approximate surface area is 101 Å². The van der Waals surface area contributed by atoms with E-state index >= 15 is 0 Å². The van der Waals surface area contributed by atoms with Gasteiger partial charge in [0.25, 0.3) is 0 Å². The molecule has 4 nitrogen and oxygen atoms in total. The van der Waals surface area contributed by atoms with Crippen molar-refractivity contribution in [3.8, 4) is 0 Å². The minimum absolute atomic E-state index is 0.0302. The van der Waals surface area contributed by atoms with E-state index < -0.39 is 0 Å². The molecule has 0 saturated heterocycles. The first-order valence-electron chi connectivity index (χ1n) is 5.82. The molecular formula is C13H19N3O. The SMILES string of the molecule is CN(c1ccc2ncoc2c1)C(C)(C)CCN.